The summed E-state index contributed by atoms with van der Waals surface area (Å²) in [5, 5.41) is 0. The lowest BCUT2D eigenvalue weighted by Crippen LogP contribution is -2.19. The van der Waals surface area contributed by atoms with Crippen molar-refractivity contribution in [3.8, 4) is 0 Å². The number of imidazole rings is 1. The highest BCUT2D eigenvalue weighted by Gasteiger charge is 2.25. The van der Waals surface area contributed by atoms with Gasteiger partial charge in [0, 0.05) is 11.9 Å². The highest BCUT2D eigenvalue weighted by Crippen LogP contribution is 2.30. The second kappa shape index (κ2) is 3.86. The van der Waals surface area contributed by atoms with E-state index in [1.165, 1.54) is 29.8 Å². The predicted molar refractivity (Wildman–Crippen MR) is 70.3 cm³/mol. The van der Waals surface area contributed by atoms with Crippen LogP contribution in [0.5, 0.6) is 0 Å². The van der Waals surface area contributed by atoms with Gasteiger partial charge >= 0.3 is 0 Å². The molecule has 3 rings (SSSR count). The van der Waals surface area contributed by atoms with Crippen LogP contribution in [0.4, 0.5) is 0 Å². The maximum Gasteiger partial charge on any atom is 0.140 e. The van der Waals surface area contributed by atoms with Crippen molar-refractivity contribution in [3.63, 3.8) is 0 Å². The smallest absolute Gasteiger partial charge is 0.140 e. The topological polar surface area (TPSA) is 17.3 Å². The first-order valence-corrected chi connectivity index (χ1v) is 6.62. The minimum absolute atomic E-state index is 0.776. The monoisotopic (exact) mass is 228 g/mol. The molecule has 0 aliphatic heterocycles. The number of fused-ring (bicyclic) bond motifs is 3. The third kappa shape index (κ3) is 1.67. The second-order valence-corrected chi connectivity index (χ2v) is 5.64. The van der Waals surface area contributed by atoms with E-state index in [9.17, 15) is 0 Å². The fourth-order valence-electron chi connectivity index (χ4n) is 2.96. The zero-order valence-electron chi connectivity index (χ0n) is 10.9. The molecule has 2 nitrogen and oxygen atoms in total. The molecule has 0 saturated carbocycles. The second-order valence-electron chi connectivity index (χ2n) is 5.64. The zero-order chi connectivity index (χ0) is 12.0. The molecule has 2 heteroatoms. The summed E-state index contributed by atoms with van der Waals surface area (Å²) < 4.78 is 2.30. The van der Waals surface area contributed by atoms with Crippen LogP contribution >= 0.6 is 0 Å². The summed E-state index contributed by atoms with van der Waals surface area (Å²) in [6.45, 7) is 6.82. The molecule has 0 aromatic carbocycles. The number of hydrogen-bond donors (Lipinski definition) is 0. The zero-order valence-corrected chi connectivity index (χ0v) is 10.9. The van der Waals surface area contributed by atoms with Gasteiger partial charge in [-0.15, -0.1) is 0 Å². The minimum Gasteiger partial charge on any atom is -0.304 e. The molecular formula is C15H20N2. The molecule has 2 aromatic rings. The Hall–Kier alpha value is -1.31. The van der Waals surface area contributed by atoms with Crippen LogP contribution in [-0.2, 0) is 12.8 Å². The molecule has 1 aliphatic carbocycles. The normalized spacial score (nSPS) is 19.9. The molecule has 90 valence electrons. The molecule has 1 unspecified atom stereocenters. The van der Waals surface area contributed by atoms with Gasteiger partial charge in [-0.3, -0.25) is 0 Å². The predicted octanol–water partition coefficient (Wildman–Crippen LogP) is 3.40. The molecular weight excluding hydrogens is 208 g/mol. The fraction of sp³-hybridized carbons (Fsp3) is 0.533. The van der Waals surface area contributed by atoms with Crippen molar-refractivity contribution in [2.45, 2.75) is 40.0 Å². The van der Waals surface area contributed by atoms with Crippen molar-refractivity contribution in [2.75, 3.05) is 0 Å². The Kier molecular flexibility index (Phi) is 2.46. The number of pyridine rings is 1. The van der Waals surface area contributed by atoms with Crippen molar-refractivity contribution in [2.24, 2.45) is 11.8 Å². The Morgan fingerprint density at radius 1 is 1.41 bits per heavy atom. The largest absolute Gasteiger partial charge is 0.304 e. The van der Waals surface area contributed by atoms with Gasteiger partial charge in [-0.05, 0) is 49.7 Å². The molecule has 2 aromatic heterocycles. The van der Waals surface area contributed by atoms with Crippen molar-refractivity contribution >= 4 is 5.65 Å². The minimum atomic E-state index is 0.776. The molecule has 0 N–H and O–H groups in total. The van der Waals surface area contributed by atoms with E-state index in [0.29, 0.717) is 0 Å². The Morgan fingerprint density at radius 3 is 3.00 bits per heavy atom. The van der Waals surface area contributed by atoms with Gasteiger partial charge < -0.3 is 4.40 Å². The maximum absolute atomic E-state index is 4.81. The van der Waals surface area contributed by atoms with Gasteiger partial charge in [-0.2, -0.15) is 0 Å². The van der Waals surface area contributed by atoms with Crippen molar-refractivity contribution in [1.82, 2.24) is 9.38 Å². The van der Waals surface area contributed by atoms with Gasteiger partial charge in [0.15, 0.2) is 0 Å². The number of aryl methyl sites for hydroxylation is 2. The van der Waals surface area contributed by atoms with Crippen molar-refractivity contribution < 1.29 is 0 Å². The molecule has 0 amide bonds. The molecule has 0 saturated heterocycles. The lowest BCUT2D eigenvalue weighted by molar-refractivity contribution is 0.337. The standard InChI is InChI=1S/C15H20N2/c1-10(2)12-6-7-13-14(9-12)17-8-4-5-11(3)15(17)16-13/h4-5,8,10,12H,6-7,9H2,1-3H3. The van der Waals surface area contributed by atoms with E-state index in [4.69, 9.17) is 4.98 Å². The Labute approximate surface area is 103 Å². The molecule has 0 bridgehead atoms. The summed E-state index contributed by atoms with van der Waals surface area (Å²) >= 11 is 0. The van der Waals surface area contributed by atoms with Crippen LogP contribution in [0.25, 0.3) is 5.65 Å². The lowest BCUT2D eigenvalue weighted by Gasteiger charge is -2.25. The van der Waals surface area contributed by atoms with Crippen LogP contribution in [0.1, 0.15) is 37.2 Å². The van der Waals surface area contributed by atoms with Crippen LogP contribution in [0.2, 0.25) is 0 Å². The first kappa shape index (κ1) is 10.8. The van der Waals surface area contributed by atoms with Crippen LogP contribution in [0, 0.1) is 18.8 Å². The first-order valence-electron chi connectivity index (χ1n) is 6.62. The van der Waals surface area contributed by atoms with Crippen LogP contribution < -0.4 is 0 Å². The average Bonchev–Trinajstić information content (AvgIpc) is 2.68. The summed E-state index contributed by atoms with van der Waals surface area (Å²) in [6, 6.07) is 4.27. The Bertz CT molecular complexity index is 551. The van der Waals surface area contributed by atoms with Gasteiger partial charge in [-0.25, -0.2) is 4.98 Å². The van der Waals surface area contributed by atoms with E-state index >= 15 is 0 Å². The summed E-state index contributed by atoms with van der Waals surface area (Å²) in [7, 11) is 0. The molecule has 0 spiro atoms. The number of hydrogen-bond acceptors (Lipinski definition) is 1. The first-order chi connectivity index (χ1) is 8.16. The van der Waals surface area contributed by atoms with Crippen molar-refractivity contribution in [3.05, 3.63) is 35.3 Å². The quantitative estimate of drug-likeness (QED) is 0.731. The SMILES string of the molecule is Cc1cccn2c3c(nc12)CCC(C(C)C)C3. The van der Waals surface area contributed by atoms with Gasteiger partial charge in [0.25, 0.3) is 0 Å². The van der Waals surface area contributed by atoms with Crippen LogP contribution in [-0.4, -0.2) is 9.38 Å². The third-order valence-corrected chi connectivity index (χ3v) is 4.18. The molecule has 2 heterocycles. The summed E-state index contributed by atoms with van der Waals surface area (Å²) in [6.07, 6.45) is 5.81. The maximum atomic E-state index is 4.81. The highest BCUT2D eigenvalue weighted by atomic mass is 15.0. The fourth-order valence-corrected chi connectivity index (χ4v) is 2.96. The highest BCUT2D eigenvalue weighted by molar-refractivity contribution is 5.50. The number of rotatable bonds is 1. The van der Waals surface area contributed by atoms with E-state index < -0.39 is 0 Å². The molecule has 1 atom stereocenters. The summed E-state index contributed by atoms with van der Waals surface area (Å²) in [5.74, 6) is 1.60. The molecule has 0 radical (unpaired) electrons. The van der Waals surface area contributed by atoms with Crippen LogP contribution in [0.15, 0.2) is 18.3 Å². The van der Waals surface area contributed by atoms with Gasteiger partial charge in [0.2, 0.25) is 0 Å². The number of aromatic nitrogens is 2. The third-order valence-electron chi connectivity index (χ3n) is 4.18. The van der Waals surface area contributed by atoms with E-state index in [1.54, 1.807) is 0 Å². The molecule has 1 aliphatic rings. The van der Waals surface area contributed by atoms with Crippen LogP contribution in [0.3, 0.4) is 0 Å². The molecule has 17 heavy (non-hydrogen) atoms. The van der Waals surface area contributed by atoms with Gasteiger partial charge in [-0.1, -0.05) is 19.9 Å². The van der Waals surface area contributed by atoms with Crippen molar-refractivity contribution in [1.29, 1.82) is 0 Å². The Balaban J connectivity index is 2.12. The summed E-state index contributed by atoms with van der Waals surface area (Å²) in [5.41, 5.74) is 5.22. The summed E-state index contributed by atoms with van der Waals surface area (Å²) in [4.78, 5) is 4.81. The van der Waals surface area contributed by atoms with E-state index in [0.717, 1.165) is 23.9 Å². The Morgan fingerprint density at radius 2 is 2.24 bits per heavy atom. The van der Waals surface area contributed by atoms with E-state index in [1.807, 2.05) is 0 Å². The lowest BCUT2D eigenvalue weighted by atomic mass is 9.82. The van der Waals surface area contributed by atoms with E-state index in [2.05, 4.69) is 43.5 Å². The van der Waals surface area contributed by atoms with Gasteiger partial charge in [0.1, 0.15) is 5.65 Å². The van der Waals surface area contributed by atoms with Gasteiger partial charge in [0.05, 0.1) is 5.69 Å². The average molecular weight is 228 g/mol. The molecule has 0 fully saturated rings. The number of nitrogens with zero attached hydrogens (tertiary/aromatic N) is 2. The van der Waals surface area contributed by atoms with E-state index in [-0.39, 0.29) is 0 Å².